The number of benzene rings is 2. The standard InChI is InChI=1S/C21H17N5O3/c1-2-26-17-9-8-14(10-16(17)25-20(28)21(26)29)19(27)24-15-11-22-18(23-12-15)13-6-4-3-5-7-13/h3-12H,2H2,1H3,(H,24,27)(H,25,28). The summed E-state index contributed by atoms with van der Waals surface area (Å²) in [4.78, 5) is 47.4. The van der Waals surface area contributed by atoms with Crippen LogP contribution in [0.2, 0.25) is 0 Å². The third kappa shape index (κ3) is 3.55. The fraction of sp³-hybridized carbons (Fsp3) is 0.0952. The molecule has 0 spiro atoms. The number of carbonyl (C=O) groups excluding carboxylic acids is 1. The maximum Gasteiger partial charge on any atom is 0.316 e. The van der Waals surface area contributed by atoms with Crippen LogP contribution in [-0.2, 0) is 6.54 Å². The summed E-state index contributed by atoms with van der Waals surface area (Å²) in [6.07, 6.45) is 3.07. The molecule has 2 aromatic heterocycles. The maximum atomic E-state index is 12.6. The molecule has 8 nitrogen and oxygen atoms in total. The van der Waals surface area contributed by atoms with Crippen LogP contribution < -0.4 is 16.4 Å². The van der Waals surface area contributed by atoms with Gasteiger partial charge < -0.3 is 14.9 Å². The summed E-state index contributed by atoms with van der Waals surface area (Å²) >= 11 is 0. The minimum Gasteiger partial charge on any atom is -0.319 e. The minimum absolute atomic E-state index is 0.335. The van der Waals surface area contributed by atoms with Crippen molar-refractivity contribution in [3.05, 3.63) is 87.2 Å². The Morgan fingerprint density at radius 1 is 1.07 bits per heavy atom. The van der Waals surface area contributed by atoms with Crippen LogP contribution >= 0.6 is 0 Å². The highest BCUT2D eigenvalue weighted by Gasteiger charge is 2.11. The summed E-state index contributed by atoms with van der Waals surface area (Å²) in [5.74, 6) is 0.183. The van der Waals surface area contributed by atoms with Gasteiger partial charge in [-0.3, -0.25) is 14.4 Å². The summed E-state index contributed by atoms with van der Waals surface area (Å²) in [7, 11) is 0. The number of aryl methyl sites for hydroxylation is 1. The number of hydrogen-bond donors (Lipinski definition) is 2. The Morgan fingerprint density at radius 3 is 2.48 bits per heavy atom. The SMILES string of the molecule is CCn1c(=O)c(=O)[nH]c2cc(C(=O)Nc3cnc(-c4ccccc4)nc3)ccc21. The fourth-order valence-corrected chi connectivity index (χ4v) is 3.07. The van der Waals surface area contributed by atoms with Crippen molar-refractivity contribution in [3.63, 3.8) is 0 Å². The molecule has 2 aromatic carbocycles. The van der Waals surface area contributed by atoms with Gasteiger partial charge in [0, 0.05) is 17.7 Å². The highest BCUT2D eigenvalue weighted by Crippen LogP contribution is 2.16. The second kappa shape index (κ2) is 7.51. The van der Waals surface area contributed by atoms with Crippen molar-refractivity contribution < 1.29 is 4.79 Å². The number of fused-ring (bicyclic) bond motifs is 1. The molecule has 0 bridgehead atoms. The summed E-state index contributed by atoms with van der Waals surface area (Å²) in [5, 5.41) is 2.73. The summed E-state index contributed by atoms with van der Waals surface area (Å²) < 4.78 is 1.37. The van der Waals surface area contributed by atoms with Crippen LogP contribution in [0.25, 0.3) is 22.4 Å². The Balaban J connectivity index is 1.60. The van der Waals surface area contributed by atoms with Gasteiger partial charge >= 0.3 is 11.1 Å². The molecule has 0 saturated carbocycles. The van der Waals surface area contributed by atoms with E-state index >= 15 is 0 Å². The third-order valence-electron chi connectivity index (χ3n) is 4.50. The van der Waals surface area contributed by atoms with E-state index in [1.807, 2.05) is 30.3 Å². The summed E-state index contributed by atoms with van der Waals surface area (Å²) in [6, 6.07) is 14.3. The van der Waals surface area contributed by atoms with Crippen LogP contribution in [0, 0.1) is 0 Å². The first-order chi connectivity index (χ1) is 14.1. The van der Waals surface area contributed by atoms with Gasteiger partial charge in [-0.2, -0.15) is 0 Å². The average Bonchev–Trinajstić information content (AvgIpc) is 2.75. The number of carbonyl (C=O) groups is 1. The van der Waals surface area contributed by atoms with Crippen LogP contribution in [-0.4, -0.2) is 25.4 Å². The van der Waals surface area contributed by atoms with E-state index in [0.29, 0.717) is 34.7 Å². The number of nitrogens with one attached hydrogen (secondary N) is 2. The second-order valence-corrected chi connectivity index (χ2v) is 6.35. The zero-order valence-electron chi connectivity index (χ0n) is 15.5. The van der Waals surface area contributed by atoms with Crippen LogP contribution in [0.5, 0.6) is 0 Å². The molecule has 0 aliphatic rings. The topological polar surface area (TPSA) is 110 Å². The van der Waals surface area contributed by atoms with Gasteiger partial charge in [-0.1, -0.05) is 30.3 Å². The predicted molar refractivity (Wildman–Crippen MR) is 110 cm³/mol. The number of aromatic amines is 1. The van der Waals surface area contributed by atoms with Gasteiger partial charge in [0.05, 0.1) is 29.1 Å². The number of hydrogen-bond acceptors (Lipinski definition) is 5. The Labute approximate surface area is 164 Å². The van der Waals surface area contributed by atoms with E-state index in [4.69, 9.17) is 0 Å². The number of anilines is 1. The van der Waals surface area contributed by atoms with Crippen molar-refractivity contribution in [1.29, 1.82) is 0 Å². The molecule has 4 aromatic rings. The quantitative estimate of drug-likeness (QED) is 0.523. The number of amides is 1. The minimum atomic E-state index is -0.721. The molecule has 2 N–H and O–H groups in total. The Hall–Kier alpha value is -4.07. The molecule has 0 fully saturated rings. The lowest BCUT2D eigenvalue weighted by molar-refractivity contribution is 0.102. The van der Waals surface area contributed by atoms with Gasteiger partial charge in [-0.05, 0) is 25.1 Å². The first-order valence-corrected chi connectivity index (χ1v) is 9.02. The highest BCUT2D eigenvalue weighted by molar-refractivity contribution is 6.05. The van der Waals surface area contributed by atoms with E-state index in [1.165, 1.54) is 23.0 Å². The van der Waals surface area contributed by atoms with Crippen LogP contribution in [0.4, 0.5) is 5.69 Å². The molecule has 0 atom stereocenters. The first kappa shape index (κ1) is 18.3. The van der Waals surface area contributed by atoms with Crippen molar-refractivity contribution in [1.82, 2.24) is 19.5 Å². The van der Waals surface area contributed by atoms with E-state index in [0.717, 1.165) is 5.56 Å². The highest BCUT2D eigenvalue weighted by atomic mass is 16.2. The van der Waals surface area contributed by atoms with Gasteiger partial charge in [-0.25, -0.2) is 9.97 Å². The van der Waals surface area contributed by atoms with E-state index in [9.17, 15) is 14.4 Å². The lowest BCUT2D eigenvalue weighted by atomic mass is 10.1. The number of rotatable bonds is 4. The lowest BCUT2D eigenvalue weighted by Crippen LogP contribution is -2.36. The van der Waals surface area contributed by atoms with E-state index in [-0.39, 0.29) is 5.91 Å². The maximum absolute atomic E-state index is 12.6. The Bertz CT molecular complexity index is 1310. The molecule has 1 amide bonds. The summed E-state index contributed by atoms with van der Waals surface area (Å²) in [5.41, 5.74) is 1.30. The van der Waals surface area contributed by atoms with Gasteiger partial charge in [0.15, 0.2) is 5.82 Å². The molecule has 0 unspecified atom stereocenters. The second-order valence-electron chi connectivity index (χ2n) is 6.35. The van der Waals surface area contributed by atoms with Crippen molar-refractivity contribution >= 4 is 22.6 Å². The van der Waals surface area contributed by atoms with E-state index in [2.05, 4.69) is 20.3 Å². The van der Waals surface area contributed by atoms with Crippen molar-refractivity contribution in [2.45, 2.75) is 13.5 Å². The molecule has 29 heavy (non-hydrogen) atoms. The molecular formula is C21H17N5O3. The number of aromatic nitrogens is 4. The molecule has 0 aliphatic heterocycles. The molecule has 4 rings (SSSR count). The van der Waals surface area contributed by atoms with Crippen LogP contribution in [0.1, 0.15) is 17.3 Å². The smallest absolute Gasteiger partial charge is 0.316 e. The zero-order chi connectivity index (χ0) is 20.4. The number of H-pyrrole nitrogens is 1. The van der Waals surface area contributed by atoms with E-state index < -0.39 is 11.1 Å². The fourth-order valence-electron chi connectivity index (χ4n) is 3.07. The van der Waals surface area contributed by atoms with Crippen LogP contribution in [0.3, 0.4) is 0 Å². The molecule has 0 radical (unpaired) electrons. The largest absolute Gasteiger partial charge is 0.319 e. The molecule has 0 aliphatic carbocycles. The zero-order valence-corrected chi connectivity index (χ0v) is 15.5. The Morgan fingerprint density at radius 2 is 1.79 bits per heavy atom. The Kier molecular flexibility index (Phi) is 4.74. The predicted octanol–water partition coefficient (Wildman–Crippen LogP) is 2.42. The van der Waals surface area contributed by atoms with Gasteiger partial charge in [0.25, 0.3) is 5.91 Å². The van der Waals surface area contributed by atoms with Gasteiger partial charge in [-0.15, -0.1) is 0 Å². The molecular weight excluding hydrogens is 370 g/mol. The average molecular weight is 387 g/mol. The van der Waals surface area contributed by atoms with Crippen molar-refractivity contribution in [2.75, 3.05) is 5.32 Å². The van der Waals surface area contributed by atoms with Gasteiger partial charge in [0.2, 0.25) is 0 Å². The van der Waals surface area contributed by atoms with Crippen molar-refractivity contribution in [2.24, 2.45) is 0 Å². The summed E-state index contributed by atoms with van der Waals surface area (Å²) in [6.45, 7) is 2.13. The van der Waals surface area contributed by atoms with Gasteiger partial charge in [0.1, 0.15) is 0 Å². The molecule has 2 heterocycles. The lowest BCUT2D eigenvalue weighted by Gasteiger charge is -2.09. The number of nitrogens with zero attached hydrogens (tertiary/aromatic N) is 3. The first-order valence-electron chi connectivity index (χ1n) is 9.02. The van der Waals surface area contributed by atoms with Crippen molar-refractivity contribution in [3.8, 4) is 11.4 Å². The third-order valence-corrected chi connectivity index (χ3v) is 4.50. The molecule has 8 heteroatoms. The molecule has 144 valence electrons. The van der Waals surface area contributed by atoms with E-state index in [1.54, 1.807) is 19.1 Å². The normalized spacial score (nSPS) is 10.8. The monoisotopic (exact) mass is 387 g/mol. The molecule has 0 saturated heterocycles. The van der Waals surface area contributed by atoms with Crippen LogP contribution in [0.15, 0.2) is 70.5 Å².